The number of pyridine rings is 2. The average Bonchev–Trinajstić information content (AvgIpc) is 2.76. The van der Waals surface area contributed by atoms with Crippen molar-refractivity contribution in [3.63, 3.8) is 0 Å². The van der Waals surface area contributed by atoms with Crippen LogP contribution < -0.4 is 5.32 Å². The Morgan fingerprint density at radius 1 is 1.15 bits per heavy atom. The second kappa shape index (κ2) is 9.03. The largest absolute Gasteiger partial charge is 0.418 e. The van der Waals surface area contributed by atoms with Gasteiger partial charge in [0.25, 0.3) is 0 Å². The highest BCUT2D eigenvalue weighted by Crippen LogP contribution is 2.36. The first-order valence-electron chi connectivity index (χ1n) is 9.86. The Morgan fingerprint density at radius 2 is 1.94 bits per heavy atom. The number of fused-ring (bicyclic) bond motifs is 1. The highest BCUT2D eigenvalue weighted by Gasteiger charge is 2.34. The molecule has 4 rings (SSSR count). The molecule has 6 nitrogen and oxygen atoms in total. The zero-order valence-electron chi connectivity index (χ0n) is 17.5. The van der Waals surface area contributed by atoms with Gasteiger partial charge in [-0.3, -0.25) is 4.98 Å². The molecule has 1 N–H and O–H groups in total. The number of ether oxygens (including phenoxy) is 1. The molecule has 11 heteroatoms. The molecule has 0 bridgehead atoms. The van der Waals surface area contributed by atoms with Gasteiger partial charge in [0.2, 0.25) is 0 Å². The van der Waals surface area contributed by atoms with E-state index in [0.717, 1.165) is 6.07 Å². The van der Waals surface area contributed by atoms with Crippen molar-refractivity contribution in [2.24, 2.45) is 5.92 Å². The number of rotatable bonds is 5. The smallest absolute Gasteiger partial charge is 0.377 e. The number of nitrogens with one attached hydrogen (secondary N) is 1. The van der Waals surface area contributed by atoms with Gasteiger partial charge in [-0.05, 0) is 36.3 Å². The number of allylic oxidation sites excluding steroid dienone is 3. The van der Waals surface area contributed by atoms with Crippen molar-refractivity contribution in [1.82, 2.24) is 19.9 Å². The molecule has 2 unspecified atom stereocenters. The van der Waals surface area contributed by atoms with Crippen LogP contribution in [0.3, 0.4) is 0 Å². The lowest BCUT2D eigenvalue weighted by atomic mass is 10.00. The van der Waals surface area contributed by atoms with Crippen molar-refractivity contribution in [2.75, 3.05) is 12.4 Å². The fourth-order valence-electron chi connectivity index (χ4n) is 3.42. The second-order valence-electron chi connectivity index (χ2n) is 7.42. The molecule has 3 heterocycles. The Hall–Kier alpha value is -3.11. The van der Waals surface area contributed by atoms with Crippen LogP contribution in [-0.2, 0) is 17.5 Å². The number of aromatic nitrogens is 4. The van der Waals surface area contributed by atoms with Crippen molar-refractivity contribution in [3.05, 3.63) is 65.5 Å². The molecule has 33 heavy (non-hydrogen) atoms. The van der Waals surface area contributed by atoms with E-state index >= 15 is 0 Å². The predicted octanol–water partition coefficient (Wildman–Crippen LogP) is 5.66. The average molecular weight is 480 g/mol. The summed E-state index contributed by atoms with van der Waals surface area (Å²) in [5, 5.41) is 2.71. The molecule has 0 saturated heterocycles. The fourth-order valence-corrected chi connectivity index (χ4v) is 3.56. The van der Waals surface area contributed by atoms with E-state index in [-0.39, 0.29) is 35.4 Å². The van der Waals surface area contributed by atoms with E-state index in [1.165, 1.54) is 31.5 Å². The summed E-state index contributed by atoms with van der Waals surface area (Å²) in [7, 11) is 1.46. The lowest BCUT2D eigenvalue weighted by molar-refractivity contribution is -0.137. The lowest BCUT2D eigenvalue weighted by Crippen LogP contribution is -2.17. The number of nitrogens with zero attached hydrogens (tertiary/aromatic N) is 4. The molecule has 0 amide bonds. The van der Waals surface area contributed by atoms with Crippen LogP contribution in [0.15, 0.2) is 54.1 Å². The molecular formula is C22H18ClF4N5O. The van der Waals surface area contributed by atoms with E-state index in [2.05, 4.69) is 25.3 Å². The topological polar surface area (TPSA) is 72.8 Å². The third-order valence-electron chi connectivity index (χ3n) is 4.96. The molecule has 3 aromatic rings. The number of hydrogen-bond donors (Lipinski definition) is 1. The maximum absolute atomic E-state index is 14.2. The standard InChI is InChI=1S/C22H18ClF4N5O/c1-11-8-12(9-15(24)18(11)23)29-20-13-5-6-16(30-21(13)32-17(31-20)10-33-2)19-14(22(25,26)27)4-3-7-28-19/h3-9,11,18H,10H2,1-2H3,(H,29,30,31,32). The minimum absolute atomic E-state index is 0.00451. The lowest BCUT2D eigenvalue weighted by Gasteiger charge is -2.21. The van der Waals surface area contributed by atoms with Crippen LogP contribution in [0.4, 0.5) is 23.4 Å². The van der Waals surface area contributed by atoms with E-state index in [0.29, 0.717) is 16.9 Å². The van der Waals surface area contributed by atoms with Crippen molar-refractivity contribution in [3.8, 4) is 11.4 Å². The molecule has 0 fully saturated rings. The summed E-state index contributed by atoms with van der Waals surface area (Å²) in [5.41, 5.74) is -0.632. The summed E-state index contributed by atoms with van der Waals surface area (Å²) in [6, 6.07) is 5.11. The van der Waals surface area contributed by atoms with E-state index in [4.69, 9.17) is 16.3 Å². The first-order chi connectivity index (χ1) is 15.7. The van der Waals surface area contributed by atoms with Crippen LogP contribution in [0.5, 0.6) is 0 Å². The first-order valence-corrected chi connectivity index (χ1v) is 10.3. The van der Waals surface area contributed by atoms with Crippen molar-refractivity contribution >= 4 is 28.5 Å². The van der Waals surface area contributed by atoms with Gasteiger partial charge in [-0.2, -0.15) is 13.2 Å². The van der Waals surface area contributed by atoms with Crippen LogP contribution in [0, 0.1) is 5.92 Å². The van der Waals surface area contributed by atoms with E-state index in [1.807, 2.05) is 0 Å². The normalized spacial score (nSPS) is 18.8. The van der Waals surface area contributed by atoms with Crippen LogP contribution in [0.25, 0.3) is 22.4 Å². The van der Waals surface area contributed by atoms with Gasteiger partial charge in [-0.1, -0.05) is 13.0 Å². The van der Waals surface area contributed by atoms with Gasteiger partial charge in [0.05, 0.1) is 22.0 Å². The molecule has 1 aliphatic rings. The van der Waals surface area contributed by atoms with Crippen LogP contribution in [0.1, 0.15) is 18.3 Å². The van der Waals surface area contributed by atoms with Gasteiger partial charge in [0.1, 0.15) is 23.9 Å². The third-order valence-corrected chi connectivity index (χ3v) is 5.56. The molecule has 3 aromatic heterocycles. The highest BCUT2D eigenvalue weighted by molar-refractivity contribution is 6.22. The van der Waals surface area contributed by atoms with E-state index in [9.17, 15) is 17.6 Å². The van der Waals surface area contributed by atoms with Gasteiger partial charge >= 0.3 is 6.18 Å². The Bertz CT molecular complexity index is 1260. The second-order valence-corrected chi connectivity index (χ2v) is 7.89. The van der Waals surface area contributed by atoms with Gasteiger partial charge in [-0.25, -0.2) is 19.3 Å². The summed E-state index contributed by atoms with van der Waals surface area (Å²) in [6.45, 7) is 1.82. The Labute approximate surface area is 191 Å². The molecule has 172 valence electrons. The Morgan fingerprint density at radius 3 is 2.64 bits per heavy atom. The fraction of sp³-hybridized carbons (Fsp3) is 0.273. The maximum atomic E-state index is 14.2. The van der Waals surface area contributed by atoms with E-state index in [1.54, 1.807) is 19.1 Å². The SMILES string of the molecule is COCc1nc(NC2=CC(C)C(Cl)C(F)=C2)c2ccc(-c3ncccc3C(F)(F)F)nc2n1. The van der Waals surface area contributed by atoms with Crippen molar-refractivity contribution < 1.29 is 22.3 Å². The number of hydrogen-bond acceptors (Lipinski definition) is 6. The molecule has 1 aliphatic carbocycles. The summed E-state index contributed by atoms with van der Waals surface area (Å²) < 4.78 is 59.6. The minimum atomic E-state index is -4.60. The summed E-state index contributed by atoms with van der Waals surface area (Å²) in [6.07, 6.45) is -0.301. The summed E-state index contributed by atoms with van der Waals surface area (Å²) in [4.78, 5) is 16.9. The molecule has 2 atom stereocenters. The van der Waals surface area contributed by atoms with Gasteiger partial charge in [0, 0.05) is 19.0 Å². The van der Waals surface area contributed by atoms with Crippen LogP contribution in [-0.4, -0.2) is 32.4 Å². The molecule has 0 aromatic carbocycles. The van der Waals surface area contributed by atoms with Gasteiger partial charge < -0.3 is 10.1 Å². The number of methoxy groups -OCH3 is 1. The predicted molar refractivity (Wildman–Crippen MR) is 116 cm³/mol. The van der Waals surface area contributed by atoms with E-state index < -0.39 is 22.9 Å². The first kappa shape index (κ1) is 23.1. The Balaban J connectivity index is 1.82. The molecule has 0 radical (unpaired) electrons. The number of halogens is 5. The van der Waals surface area contributed by atoms with Gasteiger partial charge in [0.15, 0.2) is 11.5 Å². The minimum Gasteiger partial charge on any atom is -0.377 e. The summed E-state index contributed by atoms with van der Waals surface area (Å²) >= 11 is 6.01. The number of anilines is 1. The molecule has 0 spiro atoms. The zero-order chi connectivity index (χ0) is 23.8. The highest BCUT2D eigenvalue weighted by atomic mass is 35.5. The monoisotopic (exact) mass is 479 g/mol. The van der Waals surface area contributed by atoms with Crippen LogP contribution in [0.2, 0.25) is 0 Å². The quantitative estimate of drug-likeness (QED) is 0.376. The summed E-state index contributed by atoms with van der Waals surface area (Å²) in [5.74, 6) is -0.197. The van der Waals surface area contributed by atoms with Gasteiger partial charge in [-0.15, -0.1) is 11.6 Å². The van der Waals surface area contributed by atoms with Crippen LogP contribution >= 0.6 is 11.6 Å². The Kier molecular flexibility index (Phi) is 6.31. The zero-order valence-corrected chi connectivity index (χ0v) is 18.2. The number of alkyl halides is 4. The van der Waals surface area contributed by atoms with Crippen molar-refractivity contribution in [2.45, 2.75) is 25.1 Å². The maximum Gasteiger partial charge on any atom is 0.418 e. The molecule has 0 saturated carbocycles. The van der Waals surface area contributed by atoms with Crippen molar-refractivity contribution in [1.29, 1.82) is 0 Å². The third kappa shape index (κ3) is 4.81. The molecule has 0 aliphatic heterocycles. The molecular weight excluding hydrogens is 462 g/mol.